The summed E-state index contributed by atoms with van der Waals surface area (Å²) in [7, 11) is 0. The van der Waals surface area contributed by atoms with Crippen molar-refractivity contribution in [2.75, 3.05) is 9.80 Å². The maximum atomic E-state index is 4.35. The Labute approximate surface area is 316 Å². The first-order valence-corrected chi connectivity index (χ1v) is 18.4. The number of hydrogen-bond donors (Lipinski definition) is 0. The molecule has 1 aliphatic rings. The number of aromatic nitrogens is 2. The minimum absolute atomic E-state index is 1.05. The highest BCUT2D eigenvalue weighted by atomic mass is 15.3. The average molecular weight is 697 g/mol. The summed E-state index contributed by atoms with van der Waals surface area (Å²) in [4.78, 5) is 4.95. The molecule has 4 nitrogen and oxygen atoms in total. The minimum atomic E-state index is 1.05. The van der Waals surface area contributed by atoms with Crippen LogP contribution in [0, 0.1) is 0 Å². The van der Waals surface area contributed by atoms with Crippen LogP contribution in [0.3, 0.4) is 0 Å². The molecule has 0 saturated heterocycles. The maximum absolute atomic E-state index is 4.35. The molecular weight excluding hydrogens is 657 g/mol. The molecule has 0 aliphatic carbocycles. The van der Waals surface area contributed by atoms with Gasteiger partial charge in [-0.15, -0.1) is 0 Å². The number of hydrogen-bond acceptors (Lipinski definition) is 2. The summed E-state index contributed by atoms with van der Waals surface area (Å²) in [5.74, 6) is 0. The Hall–Kier alpha value is -7.04. The fourth-order valence-electron chi connectivity index (χ4n) is 8.34. The van der Waals surface area contributed by atoms with Gasteiger partial charge in [0.05, 0.1) is 45.0 Å². The number of fused-ring (bicyclic) bond motifs is 8. The second-order valence-electron chi connectivity index (χ2n) is 13.4. The Morgan fingerprint density at radius 1 is 0.537 bits per heavy atom. The molecule has 3 heterocycles. The number of nitrogens with zero attached hydrogens (tertiary/aromatic N) is 4. The maximum Gasteiger partial charge on any atom is 0.0804 e. The topological polar surface area (TPSA) is 16.3 Å². The van der Waals surface area contributed by atoms with Crippen molar-refractivity contribution in [3.63, 3.8) is 0 Å². The molecule has 0 unspecified atom stereocenters. The molecular formula is C50H40N4. The van der Waals surface area contributed by atoms with E-state index in [0.717, 1.165) is 78.7 Å². The largest absolute Gasteiger partial charge is 0.309 e. The highest BCUT2D eigenvalue weighted by Crippen LogP contribution is 2.60. The van der Waals surface area contributed by atoms with Gasteiger partial charge in [0.15, 0.2) is 0 Å². The second-order valence-corrected chi connectivity index (χ2v) is 13.4. The van der Waals surface area contributed by atoms with Gasteiger partial charge in [-0.3, -0.25) is 0 Å². The van der Waals surface area contributed by atoms with Crippen LogP contribution in [-0.2, 0) is 0 Å². The van der Waals surface area contributed by atoms with Crippen LogP contribution in [0.25, 0.3) is 56.2 Å². The summed E-state index contributed by atoms with van der Waals surface area (Å²) in [5, 5.41) is 3.52. The Morgan fingerprint density at radius 2 is 1.09 bits per heavy atom. The van der Waals surface area contributed by atoms with Gasteiger partial charge in [0, 0.05) is 44.5 Å². The molecule has 6 aromatic carbocycles. The summed E-state index contributed by atoms with van der Waals surface area (Å²) in [6.45, 7) is 12.6. The zero-order valence-electron chi connectivity index (χ0n) is 30.5. The van der Waals surface area contributed by atoms with Gasteiger partial charge in [-0.25, -0.2) is 0 Å². The van der Waals surface area contributed by atoms with E-state index < -0.39 is 0 Å². The predicted octanol–water partition coefficient (Wildman–Crippen LogP) is 14.3. The van der Waals surface area contributed by atoms with Gasteiger partial charge < -0.3 is 18.9 Å². The zero-order valence-corrected chi connectivity index (χ0v) is 30.5. The lowest BCUT2D eigenvalue weighted by atomic mass is 9.97. The van der Waals surface area contributed by atoms with E-state index in [1.807, 2.05) is 12.2 Å². The fraction of sp³-hybridized carbons (Fsp3) is 0.0400. The lowest BCUT2D eigenvalue weighted by molar-refractivity contribution is 1.10. The molecule has 0 saturated carbocycles. The SMILES string of the molecule is C=C/C=C(\C=C/C)n1c2ccccc2c2c3c(ccc21)N(c1ccccc1)c1c(ccc2c1c(/C=C\C)c(C=C)n2-c1ccccc1)N3c1ccccc1. The lowest BCUT2D eigenvalue weighted by Crippen LogP contribution is -2.24. The molecule has 0 spiro atoms. The van der Waals surface area contributed by atoms with E-state index in [1.165, 1.54) is 10.8 Å². The van der Waals surface area contributed by atoms with Crippen LogP contribution in [0.2, 0.25) is 0 Å². The van der Waals surface area contributed by atoms with E-state index in [1.54, 1.807) is 0 Å². The summed E-state index contributed by atoms with van der Waals surface area (Å²) in [5.41, 5.74) is 14.3. The highest BCUT2D eigenvalue weighted by Gasteiger charge is 2.36. The molecule has 2 aromatic heterocycles. The van der Waals surface area contributed by atoms with Crippen molar-refractivity contribution >= 4 is 84.7 Å². The van der Waals surface area contributed by atoms with E-state index in [4.69, 9.17) is 0 Å². The van der Waals surface area contributed by atoms with Gasteiger partial charge in [-0.1, -0.05) is 110 Å². The quantitative estimate of drug-likeness (QED) is 0.147. The number of rotatable bonds is 8. The van der Waals surface area contributed by atoms with Gasteiger partial charge in [0.1, 0.15) is 0 Å². The predicted molar refractivity (Wildman–Crippen MR) is 233 cm³/mol. The molecule has 260 valence electrons. The van der Waals surface area contributed by atoms with E-state index in [-0.39, 0.29) is 0 Å². The van der Waals surface area contributed by atoms with Crippen molar-refractivity contribution in [3.8, 4) is 5.69 Å². The Kier molecular flexibility index (Phi) is 8.21. The lowest BCUT2D eigenvalue weighted by Gasteiger charge is -2.41. The minimum Gasteiger partial charge on any atom is -0.309 e. The third-order valence-corrected chi connectivity index (χ3v) is 10.3. The zero-order chi connectivity index (χ0) is 36.8. The summed E-state index contributed by atoms with van der Waals surface area (Å²) in [6.07, 6.45) is 14.5. The molecule has 0 atom stereocenters. The normalized spacial score (nSPS) is 13.0. The molecule has 0 N–H and O–H groups in total. The van der Waals surface area contributed by atoms with Crippen LogP contribution >= 0.6 is 0 Å². The number of anilines is 6. The number of para-hydroxylation sites is 4. The van der Waals surface area contributed by atoms with Crippen molar-refractivity contribution in [1.29, 1.82) is 0 Å². The molecule has 0 amide bonds. The summed E-state index contributed by atoms with van der Waals surface area (Å²) in [6, 6.07) is 50.1. The van der Waals surface area contributed by atoms with Gasteiger partial charge >= 0.3 is 0 Å². The first-order valence-electron chi connectivity index (χ1n) is 18.4. The summed E-state index contributed by atoms with van der Waals surface area (Å²) >= 11 is 0. The van der Waals surface area contributed by atoms with Crippen LogP contribution in [0.5, 0.6) is 0 Å². The van der Waals surface area contributed by atoms with Gasteiger partial charge in [-0.05, 0) is 98.8 Å². The Balaban J connectivity index is 1.50. The smallest absolute Gasteiger partial charge is 0.0804 e. The van der Waals surface area contributed by atoms with Crippen LogP contribution in [0.4, 0.5) is 34.1 Å². The molecule has 8 aromatic rings. The Bertz CT molecular complexity index is 2810. The van der Waals surface area contributed by atoms with Crippen molar-refractivity contribution in [2.24, 2.45) is 0 Å². The number of benzene rings is 6. The van der Waals surface area contributed by atoms with Gasteiger partial charge in [0.2, 0.25) is 0 Å². The molecule has 0 bridgehead atoms. The first-order chi connectivity index (χ1) is 26.7. The van der Waals surface area contributed by atoms with Crippen LogP contribution in [0.1, 0.15) is 25.1 Å². The molecule has 54 heavy (non-hydrogen) atoms. The van der Waals surface area contributed by atoms with Crippen LogP contribution in [0.15, 0.2) is 183 Å². The molecule has 0 radical (unpaired) electrons. The second kappa shape index (κ2) is 13.5. The third kappa shape index (κ3) is 4.91. The standard InChI is InChI=1S/C50H40N4/c1-5-20-35(21-6-2)52-42-30-19-18-29-40(42)48-44(52)32-34-46-50(48)54(38-27-16-11-17-28-38)45-33-31-43-47(49(45)53(46)37-25-14-10-15-26-37)39(22-7-3)41(8-4)51(43)36-23-12-9-13-24-36/h5-34H,1,4H2,2-3H3/b21-6-,22-7-,35-20+. The molecule has 9 rings (SSSR count). The van der Waals surface area contributed by atoms with E-state index in [2.05, 4.69) is 216 Å². The van der Waals surface area contributed by atoms with Gasteiger partial charge in [0.25, 0.3) is 0 Å². The molecule has 0 fully saturated rings. The third-order valence-electron chi connectivity index (χ3n) is 10.3. The van der Waals surface area contributed by atoms with Crippen LogP contribution < -0.4 is 9.80 Å². The average Bonchev–Trinajstić information content (AvgIpc) is 3.73. The molecule has 4 heteroatoms. The monoisotopic (exact) mass is 696 g/mol. The van der Waals surface area contributed by atoms with E-state index in [9.17, 15) is 0 Å². The van der Waals surface area contributed by atoms with Crippen molar-refractivity contribution in [3.05, 3.63) is 194 Å². The van der Waals surface area contributed by atoms with E-state index >= 15 is 0 Å². The Morgan fingerprint density at radius 3 is 1.67 bits per heavy atom. The van der Waals surface area contributed by atoms with Gasteiger partial charge in [-0.2, -0.15) is 0 Å². The fourth-order valence-corrected chi connectivity index (χ4v) is 8.34. The summed E-state index contributed by atoms with van der Waals surface area (Å²) < 4.78 is 4.71. The van der Waals surface area contributed by atoms with Crippen LogP contribution in [-0.4, -0.2) is 9.13 Å². The molecule has 1 aliphatic heterocycles. The highest BCUT2D eigenvalue weighted by molar-refractivity contribution is 6.24. The number of allylic oxidation sites excluding steroid dienone is 6. The van der Waals surface area contributed by atoms with Crippen molar-refractivity contribution < 1.29 is 0 Å². The first kappa shape index (κ1) is 32.8. The van der Waals surface area contributed by atoms with Crippen molar-refractivity contribution in [2.45, 2.75) is 13.8 Å². The van der Waals surface area contributed by atoms with Crippen molar-refractivity contribution in [1.82, 2.24) is 9.13 Å². The van der Waals surface area contributed by atoms with E-state index in [0.29, 0.717) is 0 Å².